The Labute approximate surface area is 112 Å². The molecule has 0 saturated heterocycles. The lowest BCUT2D eigenvalue weighted by molar-refractivity contribution is 0.105. The molecule has 4 nitrogen and oxygen atoms in total. The monoisotopic (exact) mass is 314 g/mol. The molecule has 0 fully saturated rings. The predicted molar refractivity (Wildman–Crippen MR) is 71.0 cm³/mol. The van der Waals surface area contributed by atoms with Crippen LogP contribution in [0.2, 0.25) is 0 Å². The van der Waals surface area contributed by atoms with Gasteiger partial charge in [0.15, 0.2) is 0 Å². The Hall–Kier alpha value is -1.24. The Morgan fingerprint density at radius 2 is 2.17 bits per heavy atom. The van der Waals surface area contributed by atoms with Crippen LogP contribution < -0.4 is 5.32 Å². The molecule has 0 bridgehead atoms. The van der Waals surface area contributed by atoms with Crippen LogP contribution in [0, 0.1) is 5.82 Å². The summed E-state index contributed by atoms with van der Waals surface area (Å²) in [5.41, 5.74) is 0.527. The molecule has 0 aliphatic heterocycles. The Balaban J connectivity index is 2.24. The first-order chi connectivity index (χ1) is 8.60. The number of aromatic nitrogens is 1. The van der Waals surface area contributed by atoms with Crippen LogP contribution in [0.25, 0.3) is 10.9 Å². The highest BCUT2D eigenvalue weighted by molar-refractivity contribution is 9.10. The van der Waals surface area contributed by atoms with Gasteiger partial charge in [0, 0.05) is 18.0 Å². The third-order valence-electron chi connectivity index (χ3n) is 2.46. The molecule has 1 atom stereocenters. The average molecular weight is 315 g/mol. The Morgan fingerprint density at radius 1 is 1.39 bits per heavy atom. The lowest BCUT2D eigenvalue weighted by Crippen LogP contribution is -2.23. The van der Waals surface area contributed by atoms with Crippen LogP contribution >= 0.6 is 15.9 Å². The van der Waals surface area contributed by atoms with Crippen molar-refractivity contribution < 1.29 is 14.6 Å². The molecule has 96 valence electrons. The molecular formula is C12H12BrFN2O2. The van der Waals surface area contributed by atoms with Crippen LogP contribution in [0.15, 0.2) is 28.7 Å². The second-order valence-electron chi connectivity index (χ2n) is 3.87. The summed E-state index contributed by atoms with van der Waals surface area (Å²) in [5.74, 6) is 0.152. The molecule has 6 heteroatoms. The van der Waals surface area contributed by atoms with Crippen molar-refractivity contribution in [3.05, 3.63) is 34.6 Å². The SMILES string of the molecule is OC[C@@H](O)CNc1ccc2cc(Br)c(F)cc2n1. The highest BCUT2D eigenvalue weighted by Crippen LogP contribution is 2.23. The van der Waals surface area contributed by atoms with E-state index in [2.05, 4.69) is 26.2 Å². The van der Waals surface area contributed by atoms with E-state index in [-0.39, 0.29) is 19.0 Å². The fourth-order valence-corrected chi connectivity index (χ4v) is 1.86. The van der Waals surface area contributed by atoms with Crippen LogP contribution in [-0.4, -0.2) is 34.5 Å². The molecule has 0 aliphatic carbocycles. The van der Waals surface area contributed by atoms with Gasteiger partial charge in [0.1, 0.15) is 11.6 Å². The zero-order chi connectivity index (χ0) is 13.1. The molecule has 1 aromatic carbocycles. The van der Waals surface area contributed by atoms with Crippen LogP contribution in [0.3, 0.4) is 0 Å². The first-order valence-electron chi connectivity index (χ1n) is 5.39. The average Bonchev–Trinajstić information content (AvgIpc) is 2.37. The summed E-state index contributed by atoms with van der Waals surface area (Å²) >= 11 is 3.11. The number of nitrogens with one attached hydrogen (secondary N) is 1. The molecule has 3 N–H and O–H groups in total. The van der Waals surface area contributed by atoms with Crippen molar-refractivity contribution in [3.8, 4) is 0 Å². The number of pyridine rings is 1. The number of fused-ring (bicyclic) bond motifs is 1. The molecule has 0 spiro atoms. The molecular weight excluding hydrogens is 303 g/mol. The second-order valence-corrected chi connectivity index (χ2v) is 4.73. The number of aliphatic hydroxyl groups excluding tert-OH is 2. The second kappa shape index (κ2) is 5.60. The van der Waals surface area contributed by atoms with E-state index >= 15 is 0 Å². The van der Waals surface area contributed by atoms with Crippen molar-refractivity contribution in [1.29, 1.82) is 0 Å². The van der Waals surface area contributed by atoms with Gasteiger partial charge in [0.05, 0.1) is 22.7 Å². The standard InChI is InChI=1S/C12H12BrFN2O2/c13-9-3-7-1-2-12(15-5-8(18)6-17)16-11(7)4-10(9)14/h1-4,8,17-18H,5-6H2,(H,15,16)/t8-/m0/s1. The molecule has 0 saturated carbocycles. The van der Waals surface area contributed by atoms with Gasteiger partial charge in [-0.1, -0.05) is 0 Å². The minimum atomic E-state index is -0.843. The van der Waals surface area contributed by atoms with Gasteiger partial charge < -0.3 is 15.5 Å². The minimum absolute atomic E-state index is 0.189. The van der Waals surface area contributed by atoms with Crippen molar-refractivity contribution >= 4 is 32.7 Å². The third-order valence-corrected chi connectivity index (χ3v) is 3.07. The summed E-state index contributed by atoms with van der Waals surface area (Å²) in [4.78, 5) is 4.22. The maximum atomic E-state index is 13.4. The summed E-state index contributed by atoms with van der Waals surface area (Å²) in [6.07, 6.45) is -0.843. The van der Waals surface area contributed by atoms with Gasteiger partial charge in [0.2, 0.25) is 0 Å². The van der Waals surface area contributed by atoms with E-state index in [1.165, 1.54) is 6.07 Å². The maximum absolute atomic E-state index is 13.4. The van der Waals surface area contributed by atoms with Gasteiger partial charge in [-0.3, -0.25) is 0 Å². The number of rotatable bonds is 4. The van der Waals surface area contributed by atoms with Crippen molar-refractivity contribution in [1.82, 2.24) is 4.98 Å². The summed E-state index contributed by atoms with van der Waals surface area (Å²) in [5, 5.41) is 21.6. The molecule has 18 heavy (non-hydrogen) atoms. The van der Waals surface area contributed by atoms with Crippen LogP contribution in [0.1, 0.15) is 0 Å². The van der Waals surface area contributed by atoms with Crippen LogP contribution in [-0.2, 0) is 0 Å². The lowest BCUT2D eigenvalue weighted by atomic mass is 10.2. The molecule has 1 aromatic heterocycles. The van der Waals surface area contributed by atoms with Gasteiger partial charge >= 0.3 is 0 Å². The van der Waals surface area contributed by atoms with Crippen molar-refractivity contribution in [2.24, 2.45) is 0 Å². The van der Waals surface area contributed by atoms with Crippen molar-refractivity contribution in [2.75, 3.05) is 18.5 Å². The van der Waals surface area contributed by atoms with E-state index in [4.69, 9.17) is 5.11 Å². The highest BCUT2D eigenvalue weighted by Gasteiger charge is 2.05. The van der Waals surface area contributed by atoms with E-state index in [9.17, 15) is 9.50 Å². The minimum Gasteiger partial charge on any atom is -0.394 e. The van der Waals surface area contributed by atoms with Crippen molar-refractivity contribution in [3.63, 3.8) is 0 Å². The fraction of sp³-hybridized carbons (Fsp3) is 0.250. The normalized spacial score (nSPS) is 12.7. The number of benzene rings is 1. The zero-order valence-corrected chi connectivity index (χ0v) is 11.0. The Bertz CT molecular complexity index is 565. The van der Waals surface area contributed by atoms with E-state index < -0.39 is 6.10 Å². The third kappa shape index (κ3) is 2.95. The van der Waals surface area contributed by atoms with Crippen LogP contribution in [0.4, 0.5) is 10.2 Å². The molecule has 0 radical (unpaired) electrons. The number of aliphatic hydroxyl groups is 2. The lowest BCUT2D eigenvalue weighted by Gasteiger charge is -2.10. The topological polar surface area (TPSA) is 65.4 Å². The van der Waals surface area contributed by atoms with E-state index in [0.717, 1.165) is 5.39 Å². The number of nitrogens with zero attached hydrogens (tertiary/aromatic N) is 1. The molecule has 0 unspecified atom stereocenters. The van der Waals surface area contributed by atoms with Gasteiger partial charge in [-0.25, -0.2) is 9.37 Å². The van der Waals surface area contributed by atoms with Gasteiger partial charge in [-0.2, -0.15) is 0 Å². The molecule has 0 amide bonds. The molecule has 2 rings (SSSR count). The van der Waals surface area contributed by atoms with Crippen LogP contribution in [0.5, 0.6) is 0 Å². The molecule has 2 aromatic rings. The maximum Gasteiger partial charge on any atom is 0.139 e. The fourth-order valence-electron chi connectivity index (χ4n) is 1.50. The van der Waals surface area contributed by atoms with Gasteiger partial charge in [-0.15, -0.1) is 0 Å². The molecule has 1 heterocycles. The van der Waals surface area contributed by atoms with E-state index in [1.54, 1.807) is 18.2 Å². The first-order valence-corrected chi connectivity index (χ1v) is 6.18. The number of hydrogen-bond acceptors (Lipinski definition) is 4. The highest BCUT2D eigenvalue weighted by atomic mass is 79.9. The summed E-state index contributed by atoms with van der Waals surface area (Å²) in [6, 6.07) is 6.54. The Kier molecular flexibility index (Phi) is 4.11. The molecule has 0 aliphatic rings. The first kappa shape index (κ1) is 13.2. The van der Waals surface area contributed by atoms with E-state index in [0.29, 0.717) is 15.8 Å². The number of anilines is 1. The predicted octanol–water partition coefficient (Wildman–Crippen LogP) is 1.90. The van der Waals surface area contributed by atoms with Crippen molar-refractivity contribution in [2.45, 2.75) is 6.10 Å². The summed E-state index contributed by atoms with van der Waals surface area (Å²) in [6.45, 7) is -0.129. The Morgan fingerprint density at radius 3 is 2.89 bits per heavy atom. The summed E-state index contributed by atoms with van der Waals surface area (Å²) < 4.78 is 13.8. The smallest absolute Gasteiger partial charge is 0.139 e. The zero-order valence-electron chi connectivity index (χ0n) is 9.40. The number of halogens is 2. The number of hydrogen-bond donors (Lipinski definition) is 3. The van der Waals surface area contributed by atoms with Gasteiger partial charge in [-0.05, 0) is 34.1 Å². The summed E-state index contributed by atoms with van der Waals surface area (Å²) in [7, 11) is 0. The largest absolute Gasteiger partial charge is 0.394 e. The quantitative estimate of drug-likeness (QED) is 0.806. The van der Waals surface area contributed by atoms with Gasteiger partial charge in [0.25, 0.3) is 0 Å². The van der Waals surface area contributed by atoms with E-state index in [1.807, 2.05) is 0 Å².